The Morgan fingerprint density at radius 1 is 0.929 bits per heavy atom. The molecule has 0 saturated carbocycles. The Balaban J connectivity index is 1.50. The summed E-state index contributed by atoms with van der Waals surface area (Å²) in [4.78, 5) is 12.3. The first-order valence-electron chi connectivity index (χ1n) is 10.4. The maximum atomic E-state index is 5.77. The highest BCUT2D eigenvalue weighted by Crippen LogP contribution is 2.35. The number of nitrogens with one attached hydrogen (secondary N) is 1. The van der Waals surface area contributed by atoms with Crippen LogP contribution in [-0.2, 0) is 9.47 Å². The largest absolute Gasteiger partial charge is 0.381 e. The van der Waals surface area contributed by atoms with Crippen LogP contribution in [0.25, 0.3) is 11.4 Å². The number of morpholine rings is 1. The summed E-state index contributed by atoms with van der Waals surface area (Å²) in [5, 5.41) is 3.64. The maximum Gasteiger partial charge on any atom is 0.163 e. The smallest absolute Gasteiger partial charge is 0.163 e. The van der Waals surface area contributed by atoms with Crippen LogP contribution >= 0.6 is 0 Å². The third-order valence-corrected chi connectivity index (χ3v) is 6.10. The normalized spacial score (nSPS) is 25.1. The Kier molecular flexibility index (Phi) is 4.91. The fraction of sp³-hybridized carbons (Fsp3) is 0.545. The van der Waals surface area contributed by atoms with E-state index in [4.69, 9.17) is 19.4 Å². The van der Waals surface area contributed by atoms with E-state index in [0.717, 1.165) is 62.3 Å². The van der Waals surface area contributed by atoms with Gasteiger partial charge in [0.25, 0.3) is 0 Å². The van der Waals surface area contributed by atoms with Gasteiger partial charge in [-0.2, -0.15) is 0 Å². The third-order valence-electron chi connectivity index (χ3n) is 6.10. The lowest BCUT2D eigenvalue weighted by molar-refractivity contribution is 0.0899. The number of aromatic nitrogens is 2. The molecule has 2 bridgehead atoms. The highest BCUT2D eigenvalue weighted by Gasteiger charge is 2.38. The van der Waals surface area contributed by atoms with Gasteiger partial charge in [0.15, 0.2) is 5.82 Å². The SMILES string of the molecule is Cc1ccc(-c2nc(NC3CCOCC3)cc(N3C4CCC3COC4)n2)cc1. The van der Waals surface area contributed by atoms with Crippen LogP contribution in [-0.4, -0.2) is 54.5 Å². The van der Waals surface area contributed by atoms with Gasteiger partial charge in [-0.3, -0.25) is 0 Å². The molecular weight excluding hydrogens is 352 g/mol. The summed E-state index contributed by atoms with van der Waals surface area (Å²) >= 11 is 0. The zero-order valence-corrected chi connectivity index (χ0v) is 16.4. The van der Waals surface area contributed by atoms with Gasteiger partial charge in [-0.1, -0.05) is 29.8 Å². The lowest BCUT2D eigenvalue weighted by Gasteiger charge is -2.36. The van der Waals surface area contributed by atoms with E-state index in [2.05, 4.69) is 47.5 Å². The van der Waals surface area contributed by atoms with Gasteiger partial charge in [0.1, 0.15) is 11.6 Å². The van der Waals surface area contributed by atoms with E-state index in [1.165, 1.54) is 18.4 Å². The van der Waals surface area contributed by atoms with Crippen molar-refractivity contribution in [2.75, 3.05) is 36.6 Å². The van der Waals surface area contributed by atoms with Crippen molar-refractivity contribution in [3.63, 3.8) is 0 Å². The van der Waals surface area contributed by atoms with Crippen LogP contribution in [0.2, 0.25) is 0 Å². The highest BCUT2D eigenvalue weighted by atomic mass is 16.5. The Morgan fingerprint density at radius 3 is 2.36 bits per heavy atom. The second-order valence-corrected chi connectivity index (χ2v) is 8.16. The molecule has 28 heavy (non-hydrogen) atoms. The van der Waals surface area contributed by atoms with Gasteiger partial charge < -0.3 is 19.7 Å². The molecular formula is C22H28N4O2. The van der Waals surface area contributed by atoms with E-state index in [1.54, 1.807) is 0 Å². The second-order valence-electron chi connectivity index (χ2n) is 8.16. The molecule has 148 valence electrons. The van der Waals surface area contributed by atoms with Crippen LogP contribution in [0.1, 0.15) is 31.2 Å². The molecule has 0 spiro atoms. The zero-order chi connectivity index (χ0) is 18.9. The average molecular weight is 380 g/mol. The molecule has 3 aliphatic rings. The molecule has 4 heterocycles. The molecule has 6 nitrogen and oxygen atoms in total. The summed E-state index contributed by atoms with van der Waals surface area (Å²) in [7, 11) is 0. The van der Waals surface area contributed by atoms with Crippen molar-refractivity contribution in [3.05, 3.63) is 35.9 Å². The first-order chi connectivity index (χ1) is 13.8. The molecule has 3 saturated heterocycles. The van der Waals surface area contributed by atoms with Crippen LogP contribution in [0.3, 0.4) is 0 Å². The Labute approximate surface area is 166 Å². The van der Waals surface area contributed by atoms with Gasteiger partial charge in [0.2, 0.25) is 0 Å². The lowest BCUT2D eigenvalue weighted by Crippen LogP contribution is -2.46. The van der Waals surface area contributed by atoms with E-state index >= 15 is 0 Å². The first kappa shape index (κ1) is 17.9. The van der Waals surface area contributed by atoms with Gasteiger partial charge in [0.05, 0.1) is 25.3 Å². The Morgan fingerprint density at radius 2 is 1.64 bits per heavy atom. The fourth-order valence-corrected chi connectivity index (χ4v) is 4.53. The van der Waals surface area contributed by atoms with Gasteiger partial charge in [0, 0.05) is 30.9 Å². The van der Waals surface area contributed by atoms with Crippen molar-refractivity contribution < 1.29 is 9.47 Å². The standard InChI is InChI=1S/C22H28N4O2/c1-15-2-4-16(5-3-15)22-24-20(23-17-8-10-27-11-9-17)12-21(25-22)26-18-6-7-19(26)14-28-13-18/h2-5,12,17-19H,6-11,13-14H2,1H3,(H,23,24,25). The predicted octanol–water partition coefficient (Wildman–Crippen LogP) is 3.41. The Hall–Kier alpha value is -2.18. The predicted molar refractivity (Wildman–Crippen MR) is 110 cm³/mol. The van der Waals surface area contributed by atoms with Gasteiger partial charge in [-0.05, 0) is 32.6 Å². The van der Waals surface area contributed by atoms with Crippen molar-refractivity contribution >= 4 is 11.6 Å². The van der Waals surface area contributed by atoms with Gasteiger partial charge >= 0.3 is 0 Å². The molecule has 0 aliphatic carbocycles. The average Bonchev–Trinajstić information content (AvgIpc) is 2.98. The minimum Gasteiger partial charge on any atom is -0.381 e. The fourth-order valence-electron chi connectivity index (χ4n) is 4.53. The molecule has 5 rings (SSSR count). The van der Waals surface area contributed by atoms with E-state index in [-0.39, 0.29) is 0 Å². The highest BCUT2D eigenvalue weighted by molar-refractivity contribution is 5.63. The van der Waals surface area contributed by atoms with E-state index < -0.39 is 0 Å². The number of benzene rings is 1. The van der Waals surface area contributed by atoms with Crippen molar-refractivity contribution in [3.8, 4) is 11.4 Å². The van der Waals surface area contributed by atoms with Crippen LogP contribution < -0.4 is 10.2 Å². The van der Waals surface area contributed by atoms with Crippen molar-refractivity contribution in [2.24, 2.45) is 0 Å². The lowest BCUT2D eigenvalue weighted by atomic mass is 10.1. The monoisotopic (exact) mass is 380 g/mol. The van der Waals surface area contributed by atoms with Crippen molar-refractivity contribution in [2.45, 2.75) is 50.7 Å². The maximum absolute atomic E-state index is 5.77. The first-order valence-corrected chi connectivity index (χ1v) is 10.4. The number of hydrogen-bond donors (Lipinski definition) is 1. The molecule has 0 amide bonds. The zero-order valence-electron chi connectivity index (χ0n) is 16.4. The Bertz CT molecular complexity index is 804. The van der Waals surface area contributed by atoms with Crippen LogP contribution in [0.4, 0.5) is 11.6 Å². The number of aryl methyl sites for hydroxylation is 1. The molecule has 2 atom stereocenters. The van der Waals surface area contributed by atoms with E-state index in [1.807, 2.05) is 0 Å². The molecule has 2 aromatic rings. The molecule has 1 aromatic heterocycles. The number of anilines is 2. The molecule has 3 aliphatic heterocycles. The third kappa shape index (κ3) is 3.59. The minimum absolute atomic E-state index is 0.406. The topological polar surface area (TPSA) is 59.5 Å². The van der Waals surface area contributed by atoms with E-state index in [9.17, 15) is 0 Å². The minimum atomic E-state index is 0.406. The summed E-state index contributed by atoms with van der Waals surface area (Å²) in [5.41, 5.74) is 2.30. The molecule has 1 N–H and O–H groups in total. The van der Waals surface area contributed by atoms with E-state index in [0.29, 0.717) is 18.1 Å². The van der Waals surface area contributed by atoms with Crippen LogP contribution in [0.5, 0.6) is 0 Å². The number of rotatable bonds is 4. The van der Waals surface area contributed by atoms with Crippen LogP contribution in [0.15, 0.2) is 30.3 Å². The summed E-state index contributed by atoms with van der Waals surface area (Å²) in [6.07, 6.45) is 4.39. The second kappa shape index (κ2) is 7.68. The molecule has 3 fully saturated rings. The van der Waals surface area contributed by atoms with Crippen molar-refractivity contribution in [1.29, 1.82) is 0 Å². The van der Waals surface area contributed by atoms with Crippen LogP contribution in [0, 0.1) is 6.92 Å². The van der Waals surface area contributed by atoms with Gasteiger partial charge in [-0.15, -0.1) is 0 Å². The summed E-state index contributed by atoms with van der Waals surface area (Å²) in [6, 6.07) is 11.9. The molecule has 2 unspecified atom stereocenters. The number of nitrogens with zero attached hydrogens (tertiary/aromatic N) is 3. The summed E-state index contributed by atoms with van der Waals surface area (Å²) in [6.45, 7) is 5.32. The molecule has 1 aromatic carbocycles. The number of ether oxygens (including phenoxy) is 2. The summed E-state index contributed by atoms with van der Waals surface area (Å²) in [5.74, 6) is 2.73. The number of fused-ring (bicyclic) bond motifs is 2. The van der Waals surface area contributed by atoms with Gasteiger partial charge in [-0.25, -0.2) is 9.97 Å². The molecule has 6 heteroatoms. The summed E-state index contributed by atoms with van der Waals surface area (Å²) < 4.78 is 11.3. The quantitative estimate of drug-likeness (QED) is 0.877. The molecule has 0 radical (unpaired) electrons. The van der Waals surface area contributed by atoms with Crippen molar-refractivity contribution in [1.82, 2.24) is 9.97 Å². The number of hydrogen-bond acceptors (Lipinski definition) is 6.